The maximum atomic E-state index is 12.3. The number of allylic oxidation sites excluding steroid dienone is 1. The van der Waals surface area contributed by atoms with E-state index in [1.165, 1.54) is 6.08 Å². The average molecular weight is 430 g/mol. The van der Waals surface area contributed by atoms with Crippen LogP contribution >= 0.6 is 0 Å². The number of hydrogen-bond acceptors (Lipinski definition) is 5. The van der Waals surface area contributed by atoms with Gasteiger partial charge in [0, 0.05) is 17.2 Å². The van der Waals surface area contributed by atoms with E-state index in [0.717, 1.165) is 11.1 Å². The number of rotatable bonds is 10. The van der Waals surface area contributed by atoms with E-state index in [0.29, 0.717) is 35.7 Å². The van der Waals surface area contributed by atoms with E-state index in [1.54, 1.807) is 24.3 Å². The summed E-state index contributed by atoms with van der Waals surface area (Å²) >= 11 is 0. The number of hydrogen-bond donors (Lipinski definition) is 1. The third-order valence-electron chi connectivity index (χ3n) is 4.42. The van der Waals surface area contributed by atoms with E-state index >= 15 is 0 Å². The van der Waals surface area contributed by atoms with E-state index in [-0.39, 0.29) is 18.2 Å². The molecule has 0 atom stereocenters. The first-order valence-electron chi connectivity index (χ1n) is 10.4. The summed E-state index contributed by atoms with van der Waals surface area (Å²) in [6.07, 6.45) is 3.77. The Morgan fingerprint density at radius 1 is 1.19 bits per heavy atom. The zero-order chi connectivity index (χ0) is 23.5. The molecule has 0 saturated heterocycles. The number of ether oxygens (including phenoxy) is 2. The number of carbonyl (C=O) groups is 1. The summed E-state index contributed by atoms with van der Waals surface area (Å²) in [5, 5.41) is 21.5. The molecule has 0 saturated carbocycles. The normalized spacial score (nSPS) is 10.8. The van der Waals surface area contributed by atoms with Crippen molar-refractivity contribution in [3.63, 3.8) is 0 Å². The van der Waals surface area contributed by atoms with Crippen LogP contribution < -0.4 is 14.8 Å². The summed E-state index contributed by atoms with van der Waals surface area (Å²) in [7, 11) is 0. The van der Waals surface area contributed by atoms with Gasteiger partial charge in [-0.05, 0) is 57.0 Å². The molecule has 0 heterocycles. The molecule has 0 bridgehead atoms. The average Bonchev–Trinajstić information content (AvgIpc) is 2.77. The first-order chi connectivity index (χ1) is 15.4. The molecule has 6 nitrogen and oxygen atoms in total. The monoisotopic (exact) mass is 429 g/mol. The van der Waals surface area contributed by atoms with Gasteiger partial charge in [-0.15, -0.1) is 6.58 Å². The lowest BCUT2D eigenvalue weighted by molar-refractivity contribution is -0.117. The van der Waals surface area contributed by atoms with Crippen LogP contribution in [0.1, 0.15) is 43.0 Å². The predicted molar refractivity (Wildman–Crippen MR) is 124 cm³/mol. The molecule has 1 N–H and O–H groups in total. The second-order valence-corrected chi connectivity index (χ2v) is 7.29. The molecule has 0 aliphatic carbocycles. The highest BCUT2D eigenvalue weighted by Gasteiger charge is 2.16. The van der Waals surface area contributed by atoms with Crippen LogP contribution in [0.25, 0.3) is 6.08 Å². The van der Waals surface area contributed by atoms with E-state index in [4.69, 9.17) is 9.47 Å². The Balaban J connectivity index is 2.47. The van der Waals surface area contributed by atoms with Gasteiger partial charge in [-0.25, -0.2) is 0 Å². The SMILES string of the molecule is C=CCc1cc(/C=C(/C#N)C(=O)NC(C)C)cc(OCC)c1OCc1ccccc1C#N. The highest BCUT2D eigenvalue weighted by molar-refractivity contribution is 6.01. The third kappa shape index (κ3) is 6.48. The quantitative estimate of drug-likeness (QED) is 0.336. The van der Waals surface area contributed by atoms with Crippen LogP contribution in [0.2, 0.25) is 0 Å². The van der Waals surface area contributed by atoms with Crippen molar-refractivity contribution in [3.8, 4) is 23.6 Å². The topological polar surface area (TPSA) is 95.1 Å². The lowest BCUT2D eigenvalue weighted by Crippen LogP contribution is -2.30. The fourth-order valence-electron chi connectivity index (χ4n) is 3.06. The number of carbonyl (C=O) groups excluding carboxylic acids is 1. The minimum atomic E-state index is -0.431. The molecule has 0 unspecified atom stereocenters. The van der Waals surface area contributed by atoms with Gasteiger partial charge in [-0.1, -0.05) is 24.3 Å². The summed E-state index contributed by atoms with van der Waals surface area (Å²) in [5.41, 5.74) is 2.76. The van der Waals surface area contributed by atoms with Crippen LogP contribution in [0.4, 0.5) is 0 Å². The van der Waals surface area contributed by atoms with Gasteiger partial charge >= 0.3 is 0 Å². The first kappa shape index (κ1) is 24.2. The fraction of sp³-hybridized carbons (Fsp3) is 0.269. The molecule has 2 rings (SSSR count). The summed E-state index contributed by atoms with van der Waals surface area (Å²) in [6, 6.07) is 14.9. The molecule has 6 heteroatoms. The van der Waals surface area contributed by atoms with E-state index < -0.39 is 5.91 Å². The Hall–Kier alpha value is -4.03. The van der Waals surface area contributed by atoms with Crippen molar-refractivity contribution in [3.05, 3.63) is 76.9 Å². The van der Waals surface area contributed by atoms with Crippen LogP contribution in [-0.2, 0) is 17.8 Å². The molecule has 0 fully saturated rings. The van der Waals surface area contributed by atoms with Gasteiger partial charge < -0.3 is 14.8 Å². The van der Waals surface area contributed by atoms with Gasteiger partial charge in [-0.2, -0.15) is 10.5 Å². The lowest BCUT2D eigenvalue weighted by Gasteiger charge is -2.17. The molecule has 2 aromatic rings. The molecule has 0 radical (unpaired) electrons. The van der Waals surface area contributed by atoms with Crippen LogP contribution in [0.3, 0.4) is 0 Å². The number of benzene rings is 2. The number of nitriles is 2. The summed E-state index contributed by atoms with van der Waals surface area (Å²) in [6.45, 7) is 9.95. The Kier molecular flexibility index (Phi) is 9.07. The maximum Gasteiger partial charge on any atom is 0.262 e. The molecule has 0 aliphatic heterocycles. The molecule has 2 aromatic carbocycles. The third-order valence-corrected chi connectivity index (χ3v) is 4.42. The molecule has 32 heavy (non-hydrogen) atoms. The Morgan fingerprint density at radius 3 is 2.56 bits per heavy atom. The number of nitrogens with one attached hydrogen (secondary N) is 1. The van der Waals surface area contributed by atoms with Gasteiger partial charge in [0.2, 0.25) is 0 Å². The highest BCUT2D eigenvalue weighted by atomic mass is 16.5. The highest BCUT2D eigenvalue weighted by Crippen LogP contribution is 2.35. The summed E-state index contributed by atoms with van der Waals surface area (Å²) in [4.78, 5) is 12.3. The molecule has 1 amide bonds. The van der Waals surface area contributed by atoms with Gasteiger partial charge in [-0.3, -0.25) is 4.79 Å². The second kappa shape index (κ2) is 12.0. The maximum absolute atomic E-state index is 12.3. The van der Waals surface area contributed by atoms with Crippen LogP contribution in [0, 0.1) is 22.7 Å². The minimum Gasteiger partial charge on any atom is -0.490 e. The van der Waals surface area contributed by atoms with Crippen molar-refractivity contribution in [2.75, 3.05) is 6.61 Å². The molecule has 164 valence electrons. The van der Waals surface area contributed by atoms with Gasteiger partial charge in [0.1, 0.15) is 18.2 Å². The molecule has 0 spiro atoms. The van der Waals surface area contributed by atoms with Crippen LogP contribution in [-0.4, -0.2) is 18.6 Å². The Bertz CT molecular complexity index is 1090. The lowest BCUT2D eigenvalue weighted by atomic mass is 10.0. The number of amides is 1. The van der Waals surface area contributed by atoms with Crippen molar-refractivity contribution in [2.45, 2.75) is 39.8 Å². The van der Waals surface area contributed by atoms with Crippen LogP contribution in [0.5, 0.6) is 11.5 Å². The van der Waals surface area contributed by atoms with Crippen molar-refractivity contribution >= 4 is 12.0 Å². The smallest absolute Gasteiger partial charge is 0.262 e. The fourth-order valence-corrected chi connectivity index (χ4v) is 3.06. The van der Waals surface area contributed by atoms with E-state index in [1.807, 2.05) is 45.0 Å². The largest absolute Gasteiger partial charge is 0.490 e. The molecular weight excluding hydrogens is 402 g/mol. The summed E-state index contributed by atoms with van der Waals surface area (Å²) in [5.74, 6) is 0.607. The van der Waals surface area contributed by atoms with E-state index in [9.17, 15) is 15.3 Å². The summed E-state index contributed by atoms with van der Waals surface area (Å²) < 4.78 is 11.9. The predicted octanol–water partition coefficient (Wildman–Crippen LogP) is 4.70. The molecule has 0 aromatic heterocycles. The molecule has 0 aliphatic rings. The van der Waals surface area contributed by atoms with E-state index in [2.05, 4.69) is 18.0 Å². The standard InChI is InChI=1S/C26H27N3O3/c1-5-9-20-12-19(13-23(16-28)26(30)29-18(3)4)14-24(31-6-2)25(20)32-17-22-11-8-7-10-21(22)15-27/h5,7-8,10-14,18H,1,6,9,17H2,2-4H3,(H,29,30)/b23-13-. The first-order valence-corrected chi connectivity index (χ1v) is 10.4. The Morgan fingerprint density at radius 2 is 1.94 bits per heavy atom. The molecular formula is C26H27N3O3. The second-order valence-electron chi connectivity index (χ2n) is 7.29. The van der Waals surface area contributed by atoms with Crippen molar-refractivity contribution in [2.24, 2.45) is 0 Å². The van der Waals surface area contributed by atoms with Crippen molar-refractivity contribution in [1.82, 2.24) is 5.32 Å². The zero-order valence-electron chi connectivity index (χ0n) is 18.6. The Labute approximate surface area is 189 Å². The van der Waals surface area contributed by atoms with Gasteiger partial charge in [0.25, 0.3) is 5.91 Å². The number of nitrogens with zero attached hydrogens (tertiary/aromatic N) is 2. The minimum absolute atomic E-state index is 0.00215. The van der Waals surface area contributed by atoms with Crippen molar-refractivity contribution in [1.29, 1.82) is 10.5 Å². The van der Waals surface area contributed by atoms with Crippen molar-refractivity contribution < 1.29 is 14.3 Å². The zero-order valence-corrected chi connectivity index (χ0v) is 18.6. The van der Waals surface area contributed by atoms with Gasteiger partial charge in [0.05, 0.1) is 18.2 Å². The van der Waals surface area contributed by atoms with Gasteiger partial charge in [0.15, 0.2) is 11.5 Å². The van der Waals surface area contributed by atoms with Crippen LogP contribution in [0.15, 0.2) is 54.6 Å².